The second-order valence-electron chi connectivity index (χ2n) is 4.46. The van der Waals surface area contributed by atoms with Gasteiger partial charge in [0.1, 0.15) is 0 Å². The summed E-state index contributed by atoms with van der Waals surface area (Å²) in [6.07, 6.45) is 5.72. The molecule has 1 aliphatic rings. The first-order valence-electron chi connectivity index (χ1n) is 5.95. The molecule has 1 aliphatic carbocycles. The van der Waals surface area contributed by atoms with Crippen LogP contribution in [0.3, 0.4) is 0 Å². The van der Waals surface area contributed by atoms with Gasteiger partial charge in [0.25, 0.3) is 0 Å². The van der Waals surface area contributed by atoms with Crippen LogP contribution < -0.4 is 5.32 Å². The van der Waals surface area contributed by atoms with Crippen LogP contribution in [0, 0.1) is 5.92 Å². The highest BCUT2D eigenvalue weighted by Crippen LogP contribution is 2.36. The molecule has 16 heavy (non-hydrogen) atoms. The number of ether oxygens (including phenoxy) is 1. The zero-order chi connectivity index (χ0) is 11.4. The van der Waals surface area contributed by atoms with Gasteiger partial charge in [-0.15, -0.1) is 0 Å². The fraction of sp³-hybridized carbons (Fsp3) is 0.615. The third-order valence-corrected chi connectivity index (χ3v) is 3.28. The molecule has 1 saturated carbocycles. The molecule has 1 fully saturated rings. The lowest BCUT2D eigenvalue weighted by molar-refractivity contribution is 0.0531. The lowest BCUT2D eigenvalue weighted by Gasteiger charge is -2.25. The standard InChI is InChI=1S/C13H20N2O/c1-14-12(13(16-2)10-6-7-10)9-11-5-3-4-8-15-11/h3-5,8,10,12-14H,6-7,9H2,1-2H3. The Bertz CT molecular complexity index is 311. The van der Waals surface area contributed by atoms with E-state index in [1.807, 2.05) is 32.5 Å². The van der Waals surface area contributed by atoms with E-state index in [1.54, 1.807) is 0 Å². The number of aromatic nitrogens is 1. The first-order valence-corrected chi connectivity index (χ1v) is 5.95. The van der Waals surface area contributed by atoms with E-state index in [0.29, 0.717) is 12.1 Å². The highest BCUT2D eigenvalue weighted by Gasteiger charge is 2.36. The summed E-state index contributed by atoms with van der Waals surface area (Å²) < 4.78 is 5.61. The van der Waals surface area contributed by atoms with Crippen LogP contribution in [-0.2, 0) is 11.2 Å². The van der Waals surface area contributed by atoms with E-state index in [9.17, 15) is 0 Å². The van der Waals surface area contributed by atoms with Gasteiger partial charge in [-0.25, -0.2) is 0 Å². The van der Waals surface area contributed by atoms with Crippen molar-refractivity contribution < 1.29 is 4.74 Å². The van der Waals surface area contributed by atoms with Gasteiger partial charge in [-0.3, -0.25) is 4.98 Å². The number of hydrogen-bond acceptors (Lipinski definition) is 3. The van der Waals surface area contributed by atoms with E-state index in [0.717, 1.165) is 18.0 Å². The molecule has 1 heterocycles. The smallest absolute Gasteiger partial charge is 0.0756 e. The molecule has 0 aromatic carbocycles. The Morgan fingerprint density at radius 3 is 2.81 bits per heavy atom. The summed E-state index contributed by atoms with van der Waals surface area (Å²) in [5, 5.41) is 3.36. The minimum atomic E-state index is 0.326. The van der Waals surface area contributed by atoms with Gasteiger partial charge in [0.2, 0.25) is 0 Å². The monoisotopic (exact) mass is 220 g/mol. The van der Waals surface area contributed by atoms with E-state index < -0.39 is 0 Å². The summed E-state index contributed by atoms with van der Waals surface area (Å²) in [7, 11) is 3.81. The molecule has 0 amide bonds. The molecule has 2 rings (SSSR count). The molecule has 0 bridgehead atoms. The number of methoxy groups -OCH3 is 1. The Morgan fingerprint density at radius 1 is 1.50 bits per heavy atom. The molecule has 3 nitrogen and oxygen atoms in total. The van der Waals surface area contributed by atoms with Crippen LogP contribution >= 0.6 is 0 Å². The van der Waals surface area contributed by atoms with Gasteiger partial charge in [0.05, 0.1) is 6.10 Å². The molecular formula is C13H20N2O. The topological polar surface area (TPSA) is 34.2 Å². The van der Waals surface area contributed by atoms with E-state index in [1.165, 1.54) is 12.8 Å². The van der Waals surface area contributed by atoms with Crippen molar-refractivity contribution in [2.75, 3.05) is 14.2 Å². The Labute approximate surface area is 97.2 Å². The van der Waals surface area contributed by atoms with Crippen molar-refractivity contribution in [1.29, 1.82) is 0 Å². The summed E-state index contributed by atoms with van der Waals surface area (Å²) in [6.45, 7) is 0. The number of nitrogens with zero attached hydrogens (tertiary/aromatic N) is 1. The molecule has 1 aromatic heterocycles. The van der Waals surface area contributed by atoms with Gasteiger partial charge in [-0.1, -0.05) is 6.07 Å². The maximum Gasteiger partial charge on any atom is 0.0756 e. The van der Waals surface area contributed by atoms with Gasteiger partial charge in [-0.05, 0) is 37.9 Å². The van der Waals surface area contributed by atoms with E-state index in [4.69, 9.17) is 4.74 Å². The number of likely N-dealkylation sites (N-methyl/N-ethyl adjacent to an activating group) is 1. The Kier molecular flexibility index (Phi) is 3.91. The van der Waals surface area contributed by atoms with Crippen LogP contribution in [0.5, 0.6) is 0 Å². The van der Waals surface area contributed by atoms with Gasteiger partial charge in [-0.2, -0.15) is 0 Å². The quantitative estimate of drug-likeness (QED) is 0.791. The van der Waals surface area contributed by atoms with Crippen LogP contribution in [-0.4, -0.2) is 31.3 Å². The maximum atomic E-state index is 5.61. The van der Waals surface area contributed by atoms with Crippen LogP contribution in [0.1, 0.15) is 18.5 Å². The highest BCUT2D eigenvalue weighted by atomic mass is 16.5. The number of rotatable bonds is 6. The summed E-state index contributed by atoms with van der Waals surface area (Å²) >= 11 is 0. The summed E-state index contributed by atoms with van der Waals surface area (Å²) in [4.78, 5) is 4.37. The predicted octanol–water partition coefficient (Wildman–Crippen LogP) is 1.64. The van der Waals surface area contributed by atoms with Gasteiger partial charge < -0.3 is 10.1 Å². The maximum absolute atomic E-state index is 5.61. The van der Waals surface area contributed by atoms with Crippen molar-refractivity contribution in [3.8, 4) is 0 Å². The largest absolute Gasteiger partial charge is 0.380 e. The fourth-order valence-corrected chi connectivity index (χ4v) is 2.24. The summed E-state index contributed by atoms with van der Waals surface area (Å²) in [6, 6.07) is 6.43. The highest BCUT2D eigenvalue weighted by molar-refractivity contribution is 5.07. The molecule has 2 atom stereocenters. The minimum Gasteiger partial charge on any atom is -0.380 e. The van der Waals surface area contributed by atoms with E-state index in [-0.39, 0.29) is 0 Å². The lowest BCUT2D eigenvalue weighted by Crippen LogP contribution is -2.42. The van der Waals surface area contributed by atoms with Gasteiger partial charge in [0, 0.05) is 31.5 Å². The molecule has 0 radical (unpaired) electrons. The van der Waals surface area contributed by atoms with Gasteiger partial charge in [0.15, 0.2) is 0 Å². The second kappa shape index (κ2) is 5.41. The Balaban J connectivity index is 1.99. The van der Waals surface area contributed by atoms with Crippen molar-refractivity contribution in [2.24, 2.45) is 5.92 Å². The fourth-order valence-electron chi connectivity index (χ4n) is 2.24. The van der Waals surface area contributed by atoms with Crippen LogP contribution in [0.2, 0.25) is 0 Å². The second-order valence-corrected chi connectivity index (χ2v) is 4.46. The van der Waals surface area contributed by atoms with Crippen molar-refractivity contribution in [3.63, 3.8) is 0 Å². The first-order chi connectivity index (χ1) is 7.85. The number of pyridine rings is 1. The molecule has 3 heteroatoms. The Morgan fingerprint density at radius 2 is 2.31 bits per heavy atom. The molecule has 0 aliphatic heterocycles. The average molecular weight is 220 g/mol. The molecule has 88 valence electrons. The van der Waals surface area contributed by atoms with Crippen molar-refractivity contribution in [1.82, 2.24) is 10.3 Å². The summed E-state index contributed by atoms with van der Waals surface area (Å²) in [5.74, 6) is 0.742. The van der Waals surface area contributed by atoms with Gasteiger partial charge >= 0.3 is 0 Å². The van der Waals surface area contributed by atoms with Crippen molar-refractivity contribution >= 4 is 0 Å². The molecule has 0 saturated heterocycles. The zero-order valence-electron chi connectivity index (χ0n) is 10.0. The first kappa shape index (κ1) is 11.6. The van der Waals surface area contributed by atoms with Crippen molar-refractivity contribution in [3.05, 3.63) is 30.1 Å². The molecular weight excluding hydrogens is 200 g/mol. The predicted molar refractivity (Wildman–Crippen MR) is 64.3 cm³/mol. The average Bonchev–Trinajstić information content (AvgIpc) is 3.14. The third kappa shape index (κ3) is 2.80. The third-order valence-electron chi connectivity index (χ3n) is 3.28. The zero-order valence-corrected chi connectivity index (χ0v) is 10.0. The van der Waals surface area contributed by atoms with E-state index in [2.05, 4.69) is 16.4 Å². The lowest BCUT2D eigenvalue weighted by atomic mass is 10.0. The van der Waals surface area contributed by atoms with Crippen LogP contribution in [0.4, 0.5) is 0 Å². The number of hydrogen-bond donors (Lipinski definition) is 1. The molecule has 0 spiro atoms. The normalized spacial score (nSPS) is 19.4. The molecule has 1 N–H and O–H groups in total. The molecule has 1 aromatic rings. The van der Waals surface area contributed by atoms with E-state index >= 15 is 0 Å². The SMILES string of the molecule is CNC(Cc1ccccn1)C(OC)C1CC1. The van der Waals surface area contributed by atoms with Crippen LogP contribution in [0.15, 0.2) is 24.4 Å². The Hall–Kier alpha value is -0.930. The van der Waals surface area contributed by atoms with Crippen molar-refractivity contribution in [2.45, 2.75) is 31.4 Å². The summed E-state index contributed by atoms with van der Waals surface area (Å²) in [5.41, 5.74) is 1.13. The molecule has 2 unspecified atom stereocenters. The minimum absolute atomic E-state index is 0.326. The van der Waals surface area contributed by atoms with Crippen LogP contribution in [0.25, 0.3) is 0 Å². The number of nitrogens with one attached hydrogen (secondary N) is 1.